The van der Waals surface area contributed by atoms with Crippen LogP contribution in [0.4, 0.5) is 4.39 Å². The van der Waals surface area contributed by atoms with Gasteiger partial charge in [0.05, 0.1) is 0 Å². The zero-order chi connectivity index (χ0) is 13.2. The third-order valence-electron chi connectivity index (χ3n) is 3.66. The lowest BCUT2D eigenvalue weighted by Gasteiger charge is -2.41. The SMILES string of the molecule is CCC1(C)CN(Cc2cc(F)cc(Br)c2)CCN1. The van der Waals surface area contributed by atoms with Gasteiger partial charge in [-0.05, 0) is 37.1 Å². The van der Waals surface area contributed by atoms with Gasteiger partial charge in [-0.3, -0.25) is 4.90 Å². The predicted molar refractivity (Wildman–Crippen MR) is 76.1 cm³/mol. The molecule has 1 aromatic rings. The van der Waals surface area contributed by atoms with Crippen molar-refractivity contribution < 1.29 is 4.39 Å². The third-order valence-corrected chi connectivity index (χ3v) is 4.12. The summed E-state index contributed by atoms with van der Waals surface area (Å²) in [4.78, 5) is 2.39. The van der Waals surface area contributed by atoms with Gasteiger partial charge in [0.1, 0.15) is 5.82 Å². The first kappa shape index (κ1) is 14.0. The lowest BCUT2D eigenvalue weighted by Crippen LogP contribution is -2.58. The minimum absolute atomic E-state index is 0.173. The zero-order valence-electron chi connectivity index (χ0n) is 11.0. The molecule has 2 rings (SSSR count). The summed E-state index contributed by atoms with van der Waals surface area (Å²) in [6, 6.07) is 5.11. The summed E-state index contributed by atoms with van der Waals surface area (Å²) in [5.74, 6) is -0.173. The van der Waals surface area contributed by atoms with Crippen LogP contribution < -0.4 is 5.32 Å². The predicted octanol–water partition coefficient (Wildman–Crippen LogP) is 3.16. The summed E-state index contributed by atoms with van der Waals surface area (Å²) in [5, 5.41) is 3.56. The third kappa shape index (κ3) is 3.53. The number of rotatable bonds is 3. The van der Waals surface area contributed by atoms with Gasteiger partial charge >= 0.3 is 0 Å². The second-order valence-corrected chi connectivity index (χ2v) is 6.25. The van der Waals surface area contributed by atoms with E-state index in [0.29, 0.717) is 0 Å². The molecule has 1 unspecified atom stereocenters. The van der Waals surface area contributed by atoms with Crippen LogP contribution in [0, 0.1) is 5.82 Å². The number of halogens is 2. The van der Waals surface area contributed by atoms with Gasteiger partial charge in [-0.15, -0.1) is 0 Å². The van der Waals surface area contributed by atoms with E-state index in [0.717, 1.165) is 42.6 Å². The van der Waals surface area contributed by atoms with Crippen molar-refractivity contribution in [2.75, 3.05) is 19.6 Å². The molecule has 1 fully saturated rings. The Morgan fingerprint density at radius 3 is 2.89 bits per heavy atom. The topological polar surface area (TPSA) is 15.3 Å². The second-order valence-electron chi connectivity index (χ2n) is 5.33. The molecule has 0 amide bonds. The van der Waals surface area contributed by atoms with E-state index in [2.05, 4.69) is 40.0 Å². The summed E-state index contributed by atoms with van der Waals surface area (Å²) < 4.78 is 14.2. The molecule has 100 valence electrons. The van der Waals surface area contributed by atoms with Crippen LogP contribution in [0.15, 0.2) is 22.7 Å². The highest BCUT2D eigenvalue weighted by molar-refractivity contribution is 9.10. The summed E-state index contributed by atoms with van der Waals surface area (Å²) in [6.45, 7) is 8.30. The highest BCUT2D eigenvalue weighted by Gasteiger charge is 2.28. The minimum Gasteiger partial charge on any atom is -0.309 e. The Labute approximate surface area is 117 Å². The van der Waals surface area contributed by atoms with Gasteiger partial charge in [0.2, 0.25) is 0 Å². The first-order valence-corrected chi connectivity index (χ1v) is 7.22. The Morgan fingerprint density at radius 1 is 1.44 bits per heavy atom. The Balaban J connectivity index is 2.04. The normalized spacial score (nSPS) is 25.3. The van der Waals surface area contributed by atoms with Crippen LogP contribution in [-0.2, 0) is 6.54 Å². The number of piperazine rings is 1. The summed E-state index contributed by atoms with van der Waals surface area (Å²) in [5.41, 5.74) is 1.21. The van der Waals surface area contributed by atoms with Crippen molar-refractivity contribution in [3.63, 3.8) is 0 Å². The molecule has 1 aromatic carbocycles. The van der Waals surface area contributed by atoms with Crippen LogP contribution in [0.5, 0.6) is 0 Å². The monoisotopic (exact) mass is 314 g/mol. The summed E-state index contributed by atoms with van der Waals surface area (Å²) >= 11 is 3.34. The van der Waals surface area contributed by atoms with Crippen molar-refractivity contribution in [1.29, 1.82) is 0 Å². The number of hydrogen-bond acceptors (Lipinski definition) is 2. The molecule has 1 saturated heterocycles. The van der Waals surface area contributed by atoms with E-state index in [-0.39, 0.29) is 11.4 Å². The van der Waals surface area contributed by atoms with Crippen molar-refractivity contribution >= 4 is 15.9 Å². The maximum absolute atomic E-state index is 13.3. The van der Waals surface area contributed by atoms with Crippen LogP contribution in [0.25, 0.3) is 0 Å². The van der Waals surface area contributed by atoms with E-state index in [4.69, 9.17) is 0 Å². The van der Waals surface area contributed by atoms with Gasteiger partial charge in [0.15, 0.2) is 0 Å². The van der Waals surface area contributed by atoms with Crippen LogP contribution in [-0.4, -0.2) is 30.1 Å². The average molecular weight is 315 g/mol. The molecule has 1 heterocycles. The summed E-state index contributed by atoms with van der Waals surface area (Å²) in [6.07, 6.45) is 1.11. The molecule has 18 heavy (non-hydrogen) atoms. The van der Waals surface area contributed by atoms with Crippen molar-refractivity contribution in [3.8, 4) is 0 Å². The van der Waals surface area contributed by atoms with Crippen molar-refractivity contribution in [2.45, 2.75) is 32.4 Å². The number of benzene rings is 1. The van der Waals surface area contributed by atoms with E-state index in [1.807, 2.05) is 6.07 Å². The minimum atomic E-state index is -0.173. The molecule has 1 atom stereocenters. The fourth-order valence-corrected chi connectivity index (χ4v) is 2.99. The van der Waals surface area contributed by atoms with E-state index in [1.165, 1.54) is 6.07 Å². The molecule has 1 N–H and O–H groups in total. The van der Waals surface area contributed by atoms with Gasteiger partial charge < -0.3 is 5.32 Å². The Kier molecular flexibility index (Phi) is 4.41. The molecular formula is C14H20BrFN2. The zero-order valence-corrected chi connectivity index (χ0v) is 12.6. The molecular weight excluding hydrogens is 295 g/mol. The standard InChI is InChI=1S/C14H20BrFN2/c1-3-14(2)10-18(5-4-17-14)9-11-6-12(15)8-13(16)7-11/h6-8,17H,3-5,9-10H2,1-2H3. The lowest BCUT2D eigenvalue weighted by atomic mass is 9.95. The van der Waals surface area contributed by atoms with Crippen LogP contribution in [0.2, 0.25) is 0 Å². The maximum Gasteiger partial charge on any atom is 0.124 e. The van der Waals surface area contributed by atoms with Gasteiger partial charge in [0.25, 0.3) is 0 Å². The largest absolute Gasteiger partial charge is 0.309 e. The lowest BCUT2D eigenvalue weighted by molar-refractivity contribution is 0.133. The fourth-order valence-electron chi connectivity index (χ4n) is 2.48. The molecule has 0 saturated carbocycles. The van der Waals surface area contributed by atoms with E-state index >= 15 is 0 Å². The van der Waals surface area contributed by atoms with Gasteiger partial charge in [0, 0.05) is 36.2 Å². The highest BCUT2D eigenvalue weighted by atomic mass is 79.9. The quantitative estimate of drug-likeness (QED) is 0.922. The Morgan fingerprint density at radius 2 is 2.22 bits per heavy atom. The summed E-state index contributed by atoms with van der Waals surface area (Å²) in [7, 11) is 0. The van der Waals surface area contributed by atoms with Crippen LogP contribution in [0.1, 0.15) is 25.8 Å². The molecule has 0 radical (unpaired) electrons. The van der Waals surface area contributed by atoms with Crippen molar-refractivity contribution in [2.24, 2.45) is 0 Å². The van der Waals surface area contributed by atoms with Crippen molar-refractivity contribution in [1.82, 2.24) is 10.2 Å². The first-order valence-electron chi connectivity index (χ1n) is 6.43. The number of nitrogens with zero attached hydrogens (tertiary/aromatic N) is 1. The van der Waals surface area contributed by atoms with Crippen molar-refractivity contribution in [3.05, 3.63) is 34.1 Å². The smallest absolute Gasteiger partial charge is 0.124 e. The first-order chi connectivity index (χ1) is 8.50. The van der Waals surface area contributed by atoms with Crippen LogP contribution in [0.3, 0.4) is 0 Å². The fraction of sp³-hybridized carbons (Fsp3) is 0.571. The highest BCUT2D eigenvalue weighted by Crippen LogP contribution is 2.20. The Hall–Kier alpha value is -0.450. The van der Waals surface area contributed by atoms with Gasteiger partial charge in [-0.25, -0.2) is 4.39 Å². The van der Waals surface area contributed by atoms with Gasteiger partial charge in [-0.2, -0.15) is 0 Å². The van der Waals surface area contributed by atoms with E-state index in [1.54, 1.807) is 6.07 Å². The molecule has 2 nitrogen and oxygen atoms in total. The molecule has 0 aromatic heterocycles. The van der Waals surface area contributed by atoms with E-state index in [9.17, 15) is 4.39 Å². The molecule has 0 spiro atoms. The van der Waals surface area contributed by atoms with E-state index < -0.39 is 0 Å². The van der Waals surface area contributed by atoms with Gasteiger partial charge in [-0.1, -0.05) is 22.9 Å². The van der Waals surface area contributed by atoms with Crippen LogP contribution >= 0.6 is 15.9 Å². The molecule has 1 aliphatic rings. The Bertz CT molecular complexity index is 404. The molecule has 4 heteroatoms. The molecule has 0 aliphatic carbocycles. The number of hydrogen-bond donors (Lipinski definition) is 1. The average Bonchev–Trinajstić information content (AvgIpc) is 2.27. The molecule has 1 aliphatic heterocycles. The number of nitrogens with one attached hydrogen (secondary N) is 1. The second kappa shape index (κ2) is 5.68. The maximum atomic E-state index is 13.3. The molecule has 0 bridgehead atoms.